The van der Waals surface area contributed by atoms with E-state index in [0.29, 0.717) is 28.9 Å². The molecule has 8 nitrogen and oxygen atoms in total. The van der Waals surface area contributed by atoms with Crippen molar-refractivity contribution >= 4 is 39.9 Å². The monoisotopic (exact) mass is 457 g/mol. The third-order valence-electron chi connectivity index (χ3n) is 5.02. The number of anilines is 1. The van der Waals surface area contributed by atoms with E-state index in [1.165, 1.54) is 23.1 Å². The fourth-order valence-electron chi connectivity index (χ4n) is 3.63. The number of hydrogen-bond donors (Lipinski definition) is 2. The highest BCUT2D eigenvalue weighted by Crippen LogP contribution is 2.39. The first-order valence-corrected chi connectivity index (χ1v) is 11.7. The fourth-order valence-corrected chi connectivity index (χ4v) is 5.70. The Morgan fingerprint density at radius 2 is 2.06 bits per heavy atom. The maximum absolute atomic E-state index is 12.6. The number of aromatic nitrogens is 3. The van der Waals surface area contributed by atoms with Gasteiger partial charge >= 0.3 is 0 Å². The highest BCUT2D eigenvalue weighted by Gasteiger charge is 2.26. The van der Waals surface area contributed by atoms with Gasteiger partial charge in [-0.2, -0.15) is 0 Å². The molecule has 1 aliphatic rings. The average Bonchev–Trinajstić information content (AvgIpc) is 3.45. The molecule has 10 heteroatoms. The maximum atomic E-state index is 12.6. The van der Waals surface area contributed by atoms with E-state index in [-0.39, 0.29) is 11.7 Å². The summed E-state index contributed by atoms with van der Waals surface area (Å²) in [6.07, 6.45) is 2.78. The normalized spacial score (nSPS) is 12.7. The Hall–Kier alpha value is -2.69. The fraction of sp³-hybridized carbons (Fsp3) is 0.333. The zero-order chi connectivity index (χ0) is 21.8. The van der Waals surface area contributed by atoms with Gasteiger partial charge in [0.1, 0.15) is 5.00 Å². The Labute approximate surface area is 188 Å². The number of primary amides is 1. The van der Waals surface area contributed by atoms with Crippen LogP contribution in [0.4, 0.5) is 5.00 Å². The van der Waals surface area contributed by atoms with Crippen LogP contribution in [0.3, 0.4) is 0 Å². The number of hydrogen-bond acceptors (Lipinski definition) is 7. The first-order valence-electron chi connectivity index (χ1n) is 9.93. The van der Waals surface area contributed by atoms with Crippen LogP contribution in [0, 0.1) is 0 Å². The highest BCUT2D eigenvalue weighted by molar-refractivity contribution is 7.99. The Balaban J connectivity index is 1.48. The van der Waals surface area contributed by atoms with E-state index < -0.39 is 5.91 Å². The van der Waals surface area contributed by atoms with Gasteiger partial charge in [-0.1, -0.05) is 42.1 Å². The van der Waals surface area contributed by atoms with Crippen molar-refractivity contribution in [2.45, 2.75) is 31.0 Å². The first kappa shape index (κ1) is 21.5. The van der Waals surface area contributed by atoms with Crippen LogP contribution in [-0.4, -0.2) is 46.0 Å². The lowest BCUT2D eigenvalue weighted by Gasteiger charge is -2.10. The van der Waals surface area contributed by atoms with Gasteiger partial charge in [0.2, 0.25) is 5.91 Å². The molecule has 0 saturated heterocycles. The lowest BCUT2D eigenvalue weighted by atomic mass is 10.1. The van der Waals surface area contributed by atoms with Crippen LogP contribution in [0.25, 0.3) is 11.4 Å². The van der Waals surface area contributed by atoms with Crippen LogP contribution in [0.2, 0.25) is 0 Å². The first-order chi connectivity index (χ1) is 15.1. The second-order valence-electron chi connectivity index (χ2n) is 7.08. The molecule has 2 aromatic heterocycles. The molecule has 3 N–H and O–H groups in total. The number of aryl methyl sites for hydroxylation is 1. The van der Waals surface area contributed by atoms with Gasteiger partial charge in [-0.05, 0) is 24.8 Å². The van der Waals surface area contributed by atoms with E-state index in [4.69, 9.17) is 10.5 Å². The van der Waals surface area contributed by atoms with Crippen molar-refractivity contribution in [1.29, 1.82) is 0 Å². The lowest BCUT2D eigenvalue weighted by Crippen LogP contribution is -2.19. The third-order valence-corrected chi connectivity index (χ3v) is 7.19. The van der Waals surface area contributed by atoms with E-state index >= 15 is 0 Å². The van der Waals surface area contributed by atoms with Gasteiger partial charge in [0.15, 0.2) is 11.0 Å². The molecule has 0 bridgehead atoms. The summed E-state index contributed by atoms with van der Waals surface area (Å²) in [6.45, 7) is 1.07. The molecule has 0 atom stereocenters. The standard InChI is InChI=1S/C21H23N5O3S2/c1-29-11-10-26-19(13-6-3-2-4-7-13)24-25-21(26)30-12-16(27)23-20-17(18(22)28)14-8-5-9-15(14)31-20/h2-4,6-7H,5,8-12H2,1H3,(H2,22,28)(H,23,27). The molecule has 0 saturated carbocycles. The molecule has 0 radical (unpaired) electrons. The molecule has 3 aromatic rings. The SMILES string of the molecule is COCCn1c(SCC(=O)Nc2sc3c(c2C(N)=O)CCC3)nnc1-c1ccccc1. The van der Waals surface area contributed by atoms with Gasteiger partial charge in [-0.15, -0.1) is 21.5 Å². The van der Waals surface area contributed by atoms with Crippen molar-refractivity contribution in [3.05, 3.63) is 46.3 Å². The minimum atomic E-state index is -0.492. The van der Waals surface area contributed by atoms with E-state index in [0.717, 1.165) is 41.1 Å². The Morgan fingerprint density at radius 3 is 2.81 bits per heavy atom. The van der Waals surface area contributed by atoms with E-state index in [1.807, 2.05) is 34.9 Å². The summed E-state index contributed by atoms with van der Waals surface area (Å²) in [5.74, 6) is 0.163. The van der Waals surface area contributed by atoms with Crippen molar-refractivity contribution in [2.24, 2.45) is 5.73 Å². The largest absolute Gasteiger partial charge is 0.383 e. The Morgan fingerprint density at radius 1 is 1.26 bits per heavy atom. The summed E-state index contributed by atoms with van der Waals surface area (Å²) in [5, 5.41) is 12.6. The van der Waals surface area contributed by atoms with Crippen molar-refractivity contribution in [2.75, 3.05) is 24.8 Å². The van der Waals surface area contributed by atoms with Crippen molar-refractivity contribution in [1.82, 2.24) is 14.8 Å². The molecule has 0 fully saturated rings. The number of carbonyl (C=O) groups is 2. The minimum Gasteiger partial charge on any atom is -0.383 e. The smallest absolute Gasteiger partial charge is 0.251 e. The van der Waals surface area contributed by atoms with Crippen LogP contribution in [-0.2, 0) is 28.9 Å². The molecule has 0 aliphatic heterocycles. The number of methoxy groups -OCH3 is 1. The van der Waals surface area contributed by atoms with Crippen molar-refractivity contribution in [3.63, 3.8) is 0 Å². The van der Waals surface area contributed by atoms with E-state index in [9.17, 15) is 9.59 Å². The molecular formula is C21H23N5O3S2. The summed E-state index contributed by atoms with van der Waals surface area (Å²) in [5.41, 5.74) is 7.98. The van der Waals surface area contributed by atoms with Crippen LogP contribution in [0.5, 0.6) is 0 Å². The number of nitrogens with zero attached hydrogens (tertiary/aromatic N) is 3. The number of fused-ring (bicyclic) bond motifs is 1. The van der Waals surface area contributed by atoms with Crippen molar-refractivity contribution in [3.8, 4) is 11.4 Å². The van der Waals surface area contributed by atoms with Gasteiger partial charge in [0, 0.05) is 17.6 Å². The Kier molecular flexibility index (Phi) is 6.69. The number of thiophene rings is 1. The summed E-state index contributed by atoms with van der Waals surface area (Å²) in [4.78, 5) is 25.7. The summed E-state index contributed by atoms with van der Waals surface area (Å²) in [7, 11) is 1.64. The summed E-state index contributed by atoms with van der Waals surface area (Å²) >= 11 is 2.75. The van der Waals surface area contributed by atoms with Crippen LogP contribution in [0.15, 0.2) is 35.5 Å². The molecule has 2 amide bonds. The van der Waals surface area contributed by atoms with Gasteiger partial charge in [0.05, 0.1) is 24.5 Å². The van der Waals surface area contributed by atoms with Gasteiger partial charge in [0.25, 0.3) is 5.91 Å². The second-order valence-corrected chi connectivity index (χ2v) is 9.13. The number of benzene rings is 1. The topological polar surface area (TPSA) is 112 Å². The highest BCUT2D eigenvalue weighted by atomic mass is 32.2. The number of carbonyl (C=O) groups excluding carboxylic acids is 2. The molecule has 4 rings (SSSR count). The predicted molar refractivity (Wildman–Crippen MR) is 122 cm³/mol. The molecule has 31 heavy (non-hydrogen) atoms. The molecule has 162 valence electrons. The molecule has 2 heterocycles. The van der Waals surface area contributed by atoms with Crippen LogP contribution in [0.1, 0.15) is 27.2 Å². The van der Waals surface area contributed by atoms with Crippen LogP contribution < -0.4 is 11.1 Å². The second kappa shape index (κ2) is 9.63. The van der Waals surface area contributed by atoms with Gasteiger partial charge < -0.3 is 15.8 Å². The zero-order valence-corrected chi connectivity index (χ0v) is 18.7. The summed E-state index contributed by atoms with van der Waals surface area (Å²) in [6, 6.07) is 9.77. The molecule has 1 aliphatic carbocycles. The van der Waals surface area contributed by atoms with E-state index in [1.54, 1.807) is 7.11 Å². The van der Waals surface area contributed by atoms with Gasteiger partial charge in [-0.3, -0.25) is 14.2 Å². The number of rotatable bonds is 9. The number of ether oxygens (including phenoxy) is 1. The Bertz CT molecular complexity index is 1090. The molecule has 0 unspecified atom stereocenters. The molecule has 1 aromatic carbocycles. The number of nitrogens with two attached hydrogens (primary N) is 1. The van der Waals surface area contributed by atoms with Gasteiger partial charge in [-0.25, -0.2) is 0 Å². The number of nitrogens with one attached hydrogen (secondary N) is 1. The lowest BCUT2D eigenvalue weighted by molar-refractivity contribution is -0.113. The maximum Gasteiger partial charge on any atom is 0.251 e. The molecule has 0 spiro atoms. The third kappa shape index (κ3) is 4.65. The number of thioether (sulfide) groups is 1. The molecular weight excluding hydrogens is 434 g/mol. The van der Waals surface area contributed by atoms with Crippen molar-refractivity contribution < 1.29 is 14.3 Å². The predicted octanol–water partition coefficient (Wildman–Crippen LogP) is 2.97. The quantitative estimate of drug-likeness (QED) is 0.478. The zero-order valence-electron chi connectivity index (χ0n) is 17.1. The van der Waals surface area contributed by atoms with E-state index in [2.05, 4.69) is 15.5 Å². The number of amides is 2. The minimum absolute atomic E-state index is 0.140. The summed E-state index contributed by atoms with van der Waals surface area (Å²) < 4.78 is 7.17. The average molecular weight is 458 g/mol. The van der Waals surface area contributed by atoms with Crippen LogP contribution >= 0.6 is 23.1 Å².